The Labute approximate surface area is 144 Å². The van der Waals surface area contributed by atoms with Crippen LogP contribution in [0.15, 0.2) is 36.5 Å². The van der Waals surface area contributed by atoms with Crippen LogP contribution in [0.4, 0.5) is 37.7 Å². The number of amides is 1. The first-order chi connectivity index (χ1) is 12.0. The summed E-state index contributed by atoms with van der Waals surface area (Å²) in [4.78, 5) is 16.0. The van der Waals surface area contributed by atoms with Crippen molar-refractivity contribution >= 4 is 17.3 Å². The normalized spacial score (nSPS) is 12.0. The van der Waals surface area contributed by atoms with Crippen LogP contribution < -0.4 is 10.6 Å². The zero-order valence-corrected chi connectivity index (χ0v) is 13.3. The molecule has 2 N–H and O–H groups in total. The van der Waals surface area contributed by atoms with Gasteiger partial charge in [-0.1, -0.05) is 0 Å². The zero-order valence-electron chi connectivity index (χ0n) is 13.3. The third-order valence-corrected chi connectivity index (χ3v) is 3.19. The van der Waals surface area contributed by atoms with Gasteiger partial charge >= 0.3 is 12.4 Å². The minimum atomic E-state index is -4.52. The molecule has 0 aliphatic rings. The van der Waals surface area contributed by atoms with E-state index in [1.807, 2.05) is 0 Å². The summed E-state index contributed by atoms with van der Waals surface area (Å²) in [6, 6.07) is 4.96. The molecule has 0 atom stereocenters. The summed E-state index contributed by atoms with van der Waals surface area (Å²) in [6.07, 6.45) is -7.72. The molecule has 10 heteroatoms. The van der Waals surface area contributed by atoms with E-state index in [-0.39, 0.29) is 17.1 Å². The van der Waals surface area contributed by atoms with E-state index in [1.54, 1.807) is 6.92 Å². The van der Waals surface area contributed by atoms with Crippen molar-refractivity contribution < 1.29 is 31.1 Å². The molecule has 0 radical (unpaired) electrons. The second-order valence-electron chi connectivity index (χ2n) is 5.41. The average molecular weight is 377 g/mol. The molecular formula is C16H13F6N3O. The number of alkyl halides is 6. The topological polar surface area (TPSA) is 54.0 Å². The zero-order chi connectivity index (χ0) is 19.5. The summed E-state index contributed by atoms with van der Waals surface area (Å²) in [7, 11) is 0. The molecule has 0 aliphatic carbocycles. The molecule has 1 heterocycles. The lowest BCUT2D eigenvalue weighted by Crippen LogP contribution is -2.24. The van der Waals surface area contributed by atoms with Gasteiger partial charge in [0.05, 0.1) is 11.3 Å². The quantitative estimate of drug-likeness (QED) is 0.764. The molecule has 0 saturated carbocycles. The first-order valence-electron chi connectivity index (χ1n) is 7.21. The van der Waals surface area contributed by atoms with Gasteiger partial charge in [-0.2, -0.15) is 26.3 Å². The van der Waals surface area contributed by atoms with Gasteiger partial charge in [0, 0.05) is 11.9 Å². The van der Waals surface area contributed by atoms with Gasteiger partial charge in [0.1, 0.15) is 6.54 Å². The van der Waals surface area contributed by atoms with Gasteiger partial charge in [0.25, 0.3) is 5.91 Å². The lowest BCUT2D eigenvalue weighted by atomic mass is 10.2. The van der Waals surface area contributed by atoms with Crippen molar-refractivity contribution in [2.75, 3.05) is 17.2 Å². The molecule has 0 spiro atoms. The monoisotopic (exact) mass is 377 g/mol. The highest BCUT2D eigenvalue weighted by Crippen LogP contribution is 2.30. The smallest absolute Gasteiger partial charge is 0.375 e. The number of hydrogen-bond acceptors (Lipinski definition) is 3. The molecule has 140 valence electrons. The summed E-state index contributed by atoms with van der Waals surface area (Å²) >= 11 is 0. The third-order valence-electron chi connectivity index (χ3n) is 3.19. The number of nitrogens with one attached hydrogen (secondary N) is 2. The Bertz CT molecular complexity index is 784. The van der Waals surface area contributed by atoms with Gasteiger partial charge in [-0.05, 0) is 42.8 Å². The van der Waals surface area contributed by atoms with Gasteiger partial charge in [-0.15, -0.1) is 0 Å². The molecule has 0 fully saturated rings. The van der Waals surface area contributed by atoms with Crippen molar-refractivity contribution in [2.45, 2.75) is 19.3 Å². The van der Waals surface area contributed by atoms with Gasteiger partial charge in [-0.25, -0.2) is 4.98 Å². The van der Waals surface area contributed by atoms with Crippen molar-refractivity contribution in [3.05, 3.63) is 53.3 Å². The number of pyridine rings is 1. The van der Waals surface area contributed by atoms with Crippen LogP contribution in [-0.4, -0.2) is 23.6 Å². The number of rotatable bonds is 4. The maximum absolute atomic E-state index is 12.5. The van der Waals surface area contributed by atoms with Crippen molar-refractivity contribution in [1.29, 1.82) is 0 Å². The van der Waals surface area contributed by atoms with Crippen LogP contribution in [0.25, 0.3) is 0 Å². The first kappa shape index (κ1) is 19.5. The molecule has 4 nitrogen and oxygen atoms in total. The Morgan fingerprint density at radius 3 is 2.23 bits per heavy atom. The van der Waals surface area contributed by atoms with Crippen molar-refractivity contribution in [2.24, 2.45) is 0 Å². The Hall–Kier alpha value is -2.78. The van der Waals surface area contributed by atoms with Crippen LogP contribution in [0.1, 0.15) is 21.6 Å². The first-order valence-corrected chi connectivity index (χ1v) is 7.21. The highest BCUT2D eigenvalue weighted by Gasteiger charge is 2.30. The number of anilines is 2. The van der Waals surface area contributed by atoms with Crippen molar-refractivity contribution in [3.63, 3.8) is 0 Å². The maximum Gasteiger partial charge on any atom is 0.416 e. The largest absolute Gasteiger partial charge is 0.416 e. The van der Waals surface area contributed by atoms with Crippen molar-refractivity contribution in [1.82, 2.24) is 4.98 Å². The van der Waals surface area contributed by atoms with E-state index in [0.717, 1.165) is 24.3 Å². The highest BCUT2D eigenvalue weighted by atomic mass is 19.4. The Morgan fingerprint density at radius 2 is 1.69 bits per heavy atom. The molecule has 26 heavy (non-hydrogen) atoms. The van der Waals surface area contributed by atoms with Crippen LogP contribution in [0.5, 0.6) is 0 Å². The predicted molar refractivity (Wildman–Crippen MR) is 82.9 cm³/mol. The lowest BCUT2D eigenvalue weighted by Gasteiger charge is -2.14. The molecule has 0 bridgehead atoms. The lowest BCUT2D eigenvalue weighted by molar-refractivity contribution is -0.137. The SMILES string of the molecule is Cc1cnc(C(=O)Nc2ccc(C(F)(F)F)cc2)c(NCC(F)(F)F)c1. The summed E-state index contributed by atoms with van der Waals surface area (Å²) < 4.78 is 74.7. The van der Waals surface area contributed by atoms with E-state index in [4.69, 9.17) is 0 Å². The van der Waals surface area contributed by atoms with E-state index < -0.39 is 30.4 Å². The summed E-state index contributed by atoms with van der Waals surface area (Å²) in [5.41, 5.74) is -0.754. The predicted octanol–water partition coefficient (Wildman–Crippen LogP) is 4.64. The number of aromatic nitrogens is 1. The number of halogens is 6. The molecular weight excluding hydrogens is 364 g/mol. The van der Waals surface area contributed by atoms with Crippen LogP contribution in [0.3, 0.4) is 0 Å². The number of nitrogens with zero attached hydrogens (tertiary/aromatic N) is 1. The fourth-order valence-electron chi connectivity index (χ4n) is 2.01. The summed E-state index contributed by atoms with van der Waals surface area (Å²) in [6.45, 7) is 0.224. The van der Waals surface area contributed by atoms with Gasteiger partial charge in [0.15, 0.2) is 5.69 Å². The Balaban J connectivity index is 2.18. The van der Waals surface area contributed by atoms with E-state index in [0.29, 0.717) is 5.56 Å². The van der Waals surface area contributed by atoms with Crippen molar-refractivity contribution in [3.8, 4) is 0 Å². The maximum atomic E-state index is 12.5. The second kappa shape index (κ2) is 7.22. The molecule has 1 amide bonds. The van der Waals surface area contributed by atoms with E-state index in [2.05, 4.69) is 15.6 Å². The molecule has 2 rings (SSSR count). The molecule has 0 saturated heterocycles. The molecule has 1 aromatic carbocycles. The van der Waals surface area contributed by atoms with Gasteiger partial charge in [-0.3, -0.25) is 4.79 Å². The standard InChI is InChI=1S/C16H13F6N3O/c1-9-6-12(24-8-15(17,18)19)13(23-7-9)14(26)25-11-4-2-10(3-5-11)16(20,21)22/h2-7,24H,8H2,1H3,(H,25,26). The van der Waals surface area contributed by atoms with Crippen LogP contribution >= 0.6 is 0 Å². The Kier molecular flexibility index (Phi) is 5.43. The van der Waals surface area contributed by atoms with Gasteiger partial charge in [0.2, 0.25) is 0 Å². The Morgan fingerprint density at radius 1 is 1.08 bits per heavy atom. The molecule has 1 aromatic heterocycles. The molecule has 2 aromatic rings. The summed E-state index contributed by atoms with van der Waals surface area (Å²) in [5, 5.41) is 4.40. The average Bonchev–Trinajstić information content (AvgIpc) is 2.52. The molecule has 0 unspecified atom stereocenters. The minimum Gasteiger partial charge on any atom is -0.375 e. The fourth-order valence-corrected chi connectivity index (χ4v) is 2.01. The fraction of sp³-hybridized carbons (Fsp3) is 0.250. The number of aryl methyl sites for hydroxylation is 1. The minimum absolute atomic E-state index is 0.0483. The van der Waals surface area contributed by atoms with E-state index in [1.165, 1.54) is 12.3 Å². The van der Waals surface area contributed by atoms with Crippen LogP contribution in [0, 0.1) is 6.92 Å². The highest BCUT2D eigenvalue weighted by molar-refractivity contribution is 6.06. The number of benzene rings is 1. The van der Waals surface area contributed by atoms with Crippen LogP contribution in [-0.2, 0) is 6.18 Å². The third kappa shape index (κ3) is 5.36. The number of carbonyl (C=O) groups is 1. The summed E-state index contributed by atoms with van der Waals surface area (Å²) in [5.74, 6) is -0.852. The van der Waals surface area contributed by atoms with E-state index >= 15 is 0 Å². The van der Waals surface area contributed by atoms with E-state index in [9.17, 15) is 31.1 Å². The second-order valence-corrected chi connectivity index (χ2v) is 5.41. The van der Waals surface area contributed by atoms with Gasteiger partial charge < -0.3 is 10.6 Å². The number of carbonyl (C=O) groups excluding carboxylic acids is 1. The molecule has 0 aliphatic heterocycles. The van der Waals surface area contributed by atoms with Crippen LogP contribution in [0.2, 0.25) is 0 Å². The number of hydrogen-bond donors (Lipinski definition) is 2.